The van der Waals surface area contributed by atoms with Gasteiger partial charge in [-0.2, -0.15) is 0 Å². The van der Waals surface area contributed by atoms with Crippen LogP contribution in [-0.2, 0) is 19.6 Å². The highest BCUT2D eigenvalue weighted by Crippen LogP contribution is 1.97. The highest BCUT2D eigenvalue weighted by atomic mass is 32.2. The molecule has 0 saturated carbocycles. The van der Waals surface area contributed by atoms with E-state index in [1.807, 2.05) is 4.72 Å². The fraction of sp³-hybridized carbons (Fsp3) is 0.889. The Morgan fingerprint density at radius 3 is 2.41 bits per heavy atom. The van der Waals surface area contributed by atoms with Gasteiger partial charge in [-0.1, -0.05) is 0 Å². The largest absolute Gasteiger partial charge is 0.480 e. The Balaban J connectivity index is 4.26. The van der Waals surface area contributed by atoms with Crippen LogP contribution < -0.4 is 4.72 Å². The third kappa shape index (κ3) is 8.08. The van der Waals surface area contributed by atoms with Gasteiger partial charge in [0.05, 0.1) is 18.5 Å². The van der Waals surface area contributed by atoms with Crippen molar-refractivity contribution in [3.05, 3.63) is 0 Å². The summed E-state index contributed by atoms with van der Waals surface area (Å²) in [7, 11) is -3.71. The molecule has 0 saturated heterocycles. The Morgan fingerprint density at radius 2 is 2.00 bits per heavy atom. The molecule has 1 atom stereocenters. The molecule has 0 aromatic carbocycles. The molecule has 0 aliphatic heterocycles. The molecule has 0 radical (unpaired) electrons. The molecule has 0 spiro atoms. The monoisotopic (exact) mass is 269 g/mol. The van der Waals surface area contributed by atoms with Crippen LogP contribution in [-0.4, -0.2) is 55.7 Å². The van der Waals surface area contributed by atoms with E-state index < -0.39 is 28.6 Å². The molecule has 0 heterocycles. The van der Waals surface area contributed by atoms with Crippen LogP contribution in [0.4, 0.5) is 0 Å². The van der Waals surface area contributed by atoms with Crippen LogP contribution in [0, 0.1) is 0 Å². The standard InChI is InChI=1S/C9H19NO6S/c1-7(2)16-5-6-17(14,15)10-8(3-4-11)9(12)13/h7-8,10-11H,3-6H2,1-2H3,(H,12,13)/t8-/m0/s1. The first-order chi connectivity index (χ1) is 7.78. The number of rotatable bonds is 9. The minimum atomic E-state index is -3.71. The number of nitrogens with one attached hydrogen (secondary N) is 1. The molecule has 0 aliphatic rings. The summed E-state index contributed by atoms with van der Waals surface area (Å²) in [6.07, 6.45) is -0.252. The first kappa shape index (κ1) is 16.3. The molecule has 0 amide bonds. The fourth-order valence-electron chi connectivity index (χ4n) is 1.03. The normalized spacial score (nSPS) is 13.9. The van der Waals surface area contributed by atoms with Crippen molar-refractivity contribution in [2.24, 2.45) is 0 Å². The molecular weight excluding hydrogens is 250 g/mol. The van der Waals surface area contributed by atoms with E-state index in [0.717, 1.165) is 0 Å². The van der Waals surface area contributed by atoms with Crippen molar-refractivity contribution >= 4 is 16.0 Å². The first-order valence-electron chi connectivity index (χ1n) is 5.23. The number of hydrogen-bond donors (Lipinski definition) is 3. The summed E-state index contributed by atoms with van der Waals surface area (Å²) in [5.41, 5.74) is 0. The van der Waals surface area contributed by atoms with Gasteiger partial charge in [0.2, 0.25) is 10.0 Å². The van der Waals surface area contributed by atoms with Gasteiger partial charge in [0.1, 0.15) is 6.04 Å². The highest BCUT2D eigenvalue weighted by Gasteiger charge is 2.23. The van der Waals surface area contributed by atoms with Crippen LogP contribution >= 0.6 is 0 Å². The molecule has 3 N–H and O–H groups in total. The van der Waals surface area contributed by atoms with Crippen LogP contribution in [0.3, 0.4) is 0 Å². The second kappa shape index (κ2) is 7.59. The lowest BCUT2D eigenvalue weighted by Gasteiger charge is -2.14. The first-order valence-corrected chi connectivity index (χ1v) is 6.89. The van der Waals surface area contributed by atoms with Crippen LogP contribution in [0.1, 0.15) is 20.3 Å². The van der Waals surface area contributed by atoms with Crippen molar-refractivity contribution in [3.8, 4) is 0 Å². The number of carbonyl (C=O) groups is 1. The number of ether oxygens (including phenoxy) is 1. The van der Waals surface area contributed by atoms with E-state index >= 15 is 0 Å². The van der Waals surface area contributed by atoms with E-state index in [9.17, 15) is 13.2 Å². The lowest BCUT2D eigenvalue weighted by molar-refractivity contribution is -0.139. The molecule has 0 aliphatic carbocycles. The number of aliphatic carboxylic acids is 1. The molecule has 0 bridgehead atoms. The quantitative estimate of drug-likeness (QED) is 0.503. The predicted octanol–water partition coefficient (Wildman–Crippen LogP) is -0.834. The van der Waals surface area contributed by atoms with Crippen molar-refractivity contribution in [2.75, 3.05) is 19.0 Å². The van der Waals surface area contributed by atoms with Crippen LogP contribution in [0.5, 0.6) is 0 Å². The van der Waals surface area contributed by atoms with Gasteiger partial charge in [-0.15, -0.1) is 0 Å². The van der Waals surface area contributed by atoms with E-state index in [4.69, 9.17) is 14.9 Å². The Kier molecular flexibility index (Phi) is 7.28. The Labute approximate surface area is 101 Å². The van der Waals surface area contributed by atoms with Gasteiger partial charge in [-0.05, 0) is 20.3 Å². The summed E-state index contributed by atoms with van der Waals surface area (Å²) in [5.74, 6) is -1.62. The second-order valence-corrected chi connectivity index (χ2v) is 5.63. The van der Waals surface area contributed by atoms with Crippen molar-refractivity contribution in [2.45, 2.75) is 32.4 Å². The average molecular weight is 269 g/mol. The molecule has 8 heteroatoms. The van der Waals surface area contributed by atoms with Gasteiger partial charge >= 0.3 is 5.97 Å². The number of carboxylic acid groups (broad SMARTS) is 1. The van der Waals surface area contributed by atoms with Crippen molar-refractivity contribution in [1.29, 1.82) is 0 Å². The molecule has 0 rings (SSSR count). The third-order valence-electron chi connectivity index (χ3n) is 1.84. The van der Waals surface area contributed by atoms with Crippen LogP contribution in [0.25, 0.3) is 0 Å². The van der Waals surface area contributed by atoms with Gasteiger partial charge < -0.3 is 14.9 Å². The zero-order chi connectivity index (χ0) is 13.5. The van der Waals surface area contributed by atoms with Gasteiger partial charge in [-0.3, -0.25) is 4.79 Å². The van der Waals surface area contributed by atoms with Crippen molar-refractivity contribution in [1.82, 2.24) is 4.72 Å². The molecule has 7 nitrogen and oxygen atoms in total. The number of hydrogen-bond acceptors (Lipinski definition) is 5. The maximum absolute atomic E-state index is 11.5. The smallest absolute Gasteiger partial charge is 0.321 e. The SMILES string of the molecule is CC(C)OCCS(=O)(=O)N[C@@H](CCO)C(=O)O. The van der Waals surface area contributed by atoms with Gasteiger partial charge in [0.15, 0.2) is 0 Å². The van der Waals surface area contributed by atoms with Crippen molar-refractivity contribution in [3.63, 3.8) is 0 Å². The maximum Gasteiger partial charge on any atom is 0.321 e. The third-order valence-corrected chi connectivity index (χ3v) is 3.19. The number of carboxylic acids is 1. The summed E-state index contributed by atoms with van der Waals surface area (Å²) in [5, 5.41) is 17.3. The summed E-state index contributed by atoms with van der Waals surface area (Å²) in [6, 6.07) is -1.30. The molecule has 0 aromatic rings. The Bertz CT molecular complexity index is 326. The minimum absolute atomic E-state index is 0.00152. The average Bonchev–Trinajstić information content (AvgIpc) is 2.15. The van der Waals surface area contributed by atoms with E-state index in [1.54, 1.807) is 13.8 Å². The van der Waals surface area contributed by atoms with E-state index in [-0.39, 0.29) is 24.9 Å². The Morgan fingerprint density at radius 1 is 1.41 bits per heavy atom. The van der Waals surface area contributed by atoms with Gasteiger partial charge in [0, 0.05) is 6.61 Å². The lowest BCUT2D eigenvalue weighted by atomic mass is 10.2. The fourth-order valence-corrected chi connectivity index (χ4v) is 2.12. The Hall–Kier alpha value is -0.700. The summed E-state index contributed by atoms with van der Waals surface area (Å²) in [4.78, 5) is 10.7. The summed E-state index contributed by atoms with van der Waals surface area (Å²) >= 11 is 0. The van der Waals surface area contributed by atoms with Crippen LogP contribution in [0.2, 0.25) is 0 Å². The lowest BCUT2D eigenvalue weighted by Crippen LogP contribution is -2.43. The molecule has 0 unspecified atom stereocenters. The number of sulfonamides is 1. The zero-order valence-corrected chi connectivity index (χ0v) is 10.7. The van der Waals surface area contributed by atoms with Gasteiger partial charge in [0.25, 0.3) is 0 Å². The molecule has 17 heavy (non-hydrogen) atoms. The van der Waals surface area contributed by atoms with E-state index in [2.05, 4.69) is 0 Å². The van der Waals surface area contributed by atoms with Crippen molar-refractivity contribution < 1.29 is 28.2 Å². The maximum atomic E-state index is 11.5. The molecule has 102 valence electrons. The number of aliphatic hydroxyl groups is 1. The second-order valence-electron chi connectivity index (χ2n) is 3.76. The topological polar surface area (TPSA) is 113 Å². The molecule has 0 aromatic heterocycles. The highest BCUT2D eigenvalue weighted by molar-refractivity contribution is 7.89. The molecule has 0 fully saturated rings. The number of aliphatic hydroxyl groups excluding tert-OH is 1. The predicted molar refractivity (Wildman–Crippen MR) is 61.1 cm³/mol. The van der Waals surface area contributed by atoms with E-state index in [1.165, 1.54) is 0 Å². The minimum Gasteiger partial charge on any atom is -0.480 e. The molecular formula is C9H19NO6S. The zero-order valence-electron chi connectivity index (χ0n) is 9.92. The summed E-state index contributed by atoms with van der Waals surface area (Å²) < 4.78 is 30.0. The van der Waals surface area contributed by atoms with E-state index in [0.29, 0.717) is 0 Å². The summed E-state index contributed by atoms with van der Waals surface area (Å²) in [6.45, 7) is 3.14. The van der Waals surface area contributed by atoms with Gasteiger partial charge in [-0.25, -0.2) is 13.1 Å². The van der Waals surface area contributed by atoms with Crippen LogP contribution in [0.15, 0.2) is 0 Å².